The van der Waals surface area contributed by atoms with E-state index in [9.17, 15) is 4.79 Å². The molecule has 1 amide bonds. The average Bonchev–Trinajstić information content (AvgIpc) is 2.53. The van der Waals surface area contributed by atoms with Crippen molar-refractivity contribution in [3.05, 3.63) is 60.2 Å². The molecule has 5 heteroatoms. The molecule has 1 aliphatic rings. The molecule has 2 aromatic rings. The molecule has 0 aromatic heterocycles. The molecule has 24 heavy (non-hydrogen) atoms. The standard InChI is InChI=1S/C19H22N2OS.ClH/c1-14(16-11-20-12-16)19(22)21-13-15-7-5-6-10-18(15)23-17-8-3-2-4-9-17;/h2-10,14,16,20H,11-13H2,1H3,(H,21,22);1H. The van der Waals surface area contributed by atoms with E-state index in [-0.39, 0.29) is 24.2 Å². The Hall–Kier alpha value is -1.49. The van der Waals surface area contributed by atoms with E-state index < -0.39 is 0 Å². The summed E-state index contributed by atoms with van der Waals surface area (Å²) in [6.45, 7) is 4.51. The van der Waals surface area contributed by atoms with Crippen LogP contribution in [0.15, 0.2) is 64.4 Å². The van der Waals surface area contributed by atoms with Crippen LogP contribution >= 0.6 is 24.2 Å². The Balaban J connectivity index is 0.00000208. The van der Waals surface area contributed by atoms with E-state index in [4.69, 9.17) is 0 Å². The van der Waals surface area contributed by atoms with Crippen LogP contribution in [0.2, 0.25) is 0 Å². The van der Waals surface area contributed by atoms with Crippen LogP contribution in [0.3, 0.4) is 0 Å². The number of carbonyl (C=O) groups is 1. The van der Waals surface area contributed by atoms with Crippen LogP contribution in [0.1, 0.15) is 12.5 Å². The fourth-order valence-corrected chi connectivity index (χ4v) is 3.55. The van der Waals surface area contributed by atoms with Crippen molar-refractivity contribution in [2.24, 2.45) is 11.8 Å². The summed E-state index contributed by atoms with van der Waals surface area (Å²) >= 11 is 1.73. The molecule has 1 atom stereocenters. The van der Waals surface area contributed by atoms with Crippen molar-refractivity contribution in [3.8, 4) is 0 Å². The van der Waals surface area contributed by atoms with Gasteiger partial charge in [0.1, 0.15) is 0 Å². The van der Waals surface area contributed by atoms with Gasteiger partial charge in [0.15, 0.2) is 0 Å². The zero-order valence-electron chi connectivity index (χ0n) is 13.7. The maximum absolute atomic E-state index is 12.3. The van der Waals surface area contributed by atoms with Crippen LogP contribution in [0, 0.1) is 11.8 Å². The van der Waals surface area contributed by atoms with E-state index in [1.54, 1.807) is 11.8 Å². The fraction of sp³-hybridized carbons (Fsp3) is 0.316. The predicted molar refractivity (Wildman–Crippen MR) is 102 cm³/mol. The predicted octanol–water partition coefficient (Wildman–Crippen LogP) is 3.73. The number of amides is 1. The summed E-state index contributed by atoms with van der Waals surface area (Å²) in [5.41, 5.74) is 1.16. The van der Waals surface area contributed by atoms with Gasteiger partial charge in [-0.15, -0.1) is 12.4 Å². The van der Waals surface area contributed by atoms with Crippen molar-refractivity contribution in [2.75, 3.05) is 13.1 Å². The van der Waals surface area contributed by atoms with Crippen LogP contribution < -0.4 is 10.6 Å². The van der Waals surface area contributed by atoms with E-state index in [1.807, 2.05) is 37.3 Å². The lowest BCUT2D eigenvalue weighted by molar-refractivity contribution is -0.126. The SMILES string of the molecule is CC(C(=O)NCc1ccccc1Sc1ccccc1)C1CNC1.Cl. The second kappa shape index (κ2) is 9.11. The normalized spacial score (nSPS) is 15.0. The minimum absolute atomic E-state index is 0. The number of nitrogens with one attached hydrogen (secondary N) is 2. The molecule has 1 heterocycles. The van der Waals surface area contributed by atoms with Crippen LogP contribution in [0.5, 0.6) is 0 Å². The smallest absolute Gasteiger partial charge is 0.223 e. The quantitative estimate of drug-likeness (QED) is 0.822. The average molecular weight is 363 g/mol. The Morgan fingerprint density at radius 3 is 2.50 bits per heavy atom. The van der Waals surface area contributed by atoms with Crippen LogP contribution in [-0.2, 0) is 11.3 Å². The molecule has 1 unspecified atom stereocenters. The molecule has 128 valence electrons. The lowest BCUT2D eigenvalue weighted by Crippen LogP contribution is -2.49. The molecule has 0 radical (unpaired) electrons. The highest BCUT2D eigenvalue weighted by molar-refractivity contribution is 7.99. The highest BCUT2D eigenvalue weighted by Gasteiger charge is 2.28. The third-order valence-corrected chi connectivity index (χ3v) is 5.46. The van der Waals surface area contributed by atoms with Gasteiger partial charge in [-0.25, -0.2) is 0 Å². The topological polar surface area (TPSA) is 41.1 Å². The number of benzene rings is 2. The molecule has 1 fully saturated rings. The Kier molecular flexibility index (Phi) is 7.16. The van der Waals surface area contributed by atoms with Gasteiger partial charge in [0.25, 0.3) is 0 Å². The zero-order chi connectivity index (χ0) is 16.1. The molecule has 0 saturated carbocycles. The third-order valence-electron chi connectivity index (χ3n) is 4.33. The molecule has 3 rings (SSSR count). The van der Waals surface area contributed by atoms with Gasteiger partial charge in [-0.2, -0.15) is 0 Å². The van der Waals surface area contributed by atoms with Crippen molar-refractivity contribution >= 4 is 30.1 Å². The first kappa shape index (κ1) is 18.8. The Bertz CT molecular complexity index is 661. The van der Waals surface area contributed by atoms with E-state index in [0.717, 1.165) is 18.7 Å². The summed E-state index contributed by atoms with van der Waals surface area (Å²) < 4.78 is 0. The molecule has 0 bridgehead atoms. The highest BCUT2D eigenvalue weighted by atomic mass is 35.5. The van der Waals surface area contributed by atoms with Gasteiger partial charge in [-0.1, -0.05) is 55.1 Å². The molecule has 3 nitrogen and oxygen atoms in total. The maximum Gasteiger partial charge on any atom is 0.223 e. The third kappa shape index (κ3) is 4.76. The lowest BCUT2D eigenvalue weighted by atomic mass is 9.88. The van der Waals surface area contributed by atoms with Gasteiger partial charge in [-0.05, 0) is 42.8 Å². The Labute approximate surface area is 154 Å². The summed E-state index contributed by atoms with van der Waals surface area (Å²) in [6, 6.07) is 18.6. The number of hydrogen-bond donors (Lipinski definition) is 2. The second-order valence-electron chi connectivity index (χ2n) is 5.95. The lowest BCUT2D eigenvalue weighted by Gasteiger charge is -2.31. The summed E-state index contributed by atoms with van der Waals surface area (Å²) in [7, 11) is 0. The summed E-state index contributed by atoms with van der Waals surface area (Å²) in [4.78, 5) is 14.7. The molecule has 0 aliphatic carbocycles. The van der Waals surface area contributed by atoms with Gasteiger partial charge >= 0.3 is 0 Å². The second-order valence-corrected chi connectivity index (χ2v) is 7.06. The monoisotopic (exact) mass is 362 g/mol. The zero-order valence-corrected chi connectivity index (χ0v) is 15.3. The van der Waals surface area contributed by atoms with E-state index in [0.29, 0.717) is 12.5 Å². The largest absolute Gasteiger partial charge is 0.352 e. The Morgan fingerprint density at radius 1 is 1.17 bits per heavy atom. The summed E-state index contributed by atoms with van der Waals surface area (Å²) in [6.07, 6.45) is 0. The van der Waals surface area contributed by atoms with Gasteiger partial charge in [0.05, 0.1) is 0 Å². The van der Waals surface area contributed by atoms with Crippen molar-refractivity contribution < 1.29 is 4.79 Å². The molecule has 2 aromatic carbocycles. The number of halogens is 1. The Morgan fingerprint density at radius 2 is 1.83 bits per heavy atom. The molecule has 0 spiro atoms. The van der Waals surface area contributed by atoms with Crippen molar-refractivity contribution in [1.82, 2.24) is 10.6 Å². The van der Waals surface area contributed by atoms with E-state index in [2.05, 4.69) is 34.9 Å². The molecular weight excluding hydrogens is 340 g/mol. The van der Waals surface area contributed by atoms with Crippen molar-refractivity contribution in [2.45, 2.75) is 23.3 Å². The van der Waals surface area contributed by atoms with Crippen LogP contribution in [-0.4, -0.2) is 19.0 Å². The molecule has 1 aliphatic heterocycles. The first-order chi connectivity index (χ1) is 11.2. The summed E-state index contributed by atoms with van der Waals surface area (Å²) in [5.74, 6) is 0.699. The van der Waals surface area contributed by atoms with Gasteiger partial charge < -0.3 is 10.6 Å². The highest BCUT2D eigenvalue weighted by Crippen LogP contribution is 2.30. The van der Waals surface area contributed by atoms with Crippen molar-refractivity contribution in [3.63, 3.8) is 0 Å². The maximum atomic E-state index is 12.3. The molecule has 2 N–H and O–H groups in total. The molecular formula is C19H23ClN2OS. The van der Waals surface area contributed by atoms with E-state index >= 15 is 0 Å². The van der Waals surface area contributed by atoms with Crippen LogP contribution in [0.4, 0.5) is 0 Å². The van der Waals surface area contributed by atoms with Crippen molar-refractivity contribution in [1.29, 1.82) is 0 Å². The number of carbonyl (C=O) groups excluding carboxylic acids is 1. The van der Waals surface area contributed by atoms with E-state index in [1.165, 1.54) is 9.79 Å². The minimum atomic E-state index is 0. The number of rotatable bonds is 6. The first-order valence-electron chi connectivity index (χ1n) is 8.03. The van der Waals surface area contributed by atoms with Gasteiger partial charge in [0.2, 0.25) is 5.91 Å². The number of hydrogen-bond acceptors (Lipinski definition) is 3. The van der Waals surface area contributed by atoms with Crippen LogP contribution in [0.25, 0.3) is 0 Å². The fourth-order valence-electron chi connectivity index (χ4n) is 2.59. The summed E-state index contributed by atoms with van der Waals surface area (Å²) in [5, 5.41) is 6.32. The first-order valence-corrected chi connectivity index (χ1v) is 8.85. The minimum Gasteiger partial charge on any atom is -0.352 e. The van der Waals surface area contributed by atoms with Gasteiger partial charge in [0, 0.05) is 22.3 Å². The molecule has 1 saturated heterocycles. The van der Waals surface area contributed by atoms with Gasteiger partial charge in [-0.3, -0.25) is 4.79 Å².